The molecule has 0 saturated carbocycles. The number of esters is 1. The van der Waals surface area contributed by atoms with Crippen LogP contribution in [0.1, 0.15) is 37.3 Å². The van der Waals surface area contributed by atoms with Crippen molar-refractivity contribution in [2.24, 2.45) is 5.73 Å². The summed E-state index contributed by atoms with van der Waals surface area (Å²) in [6.07, 6.45) is 2.17. The summed E-state index contributed by atoms with van der Waals surface area (Å²) in [5.74, 6) is -1.70. The zero-order valence-corrected chi connectivity index (χ0v) is 22.3. The first kappa shape index (κ1) is 27.6. The fraction of sp³-hybridized carbons (Fsp3) is 0.333. The molecule has 0 radical (unpaired) electrons. The van der Waals surface area contributed by atoms with Gasteiger partial charge in [-0.05, 0) is 42.7 Å². The average Bonchev–Trinajstić information content (AvgIpc) is 2.83. The van der Waals surface area contributed by atoms with Crippen LogP contribution in [0.25, 0.3) is 0 Å². The third kappa shape index (κ3) is 5.69. The Morgan fingerprint density at radius 1 is 1.25 bits per heavy atom. The van der Waals surface area contributed by atoms with Gasteiger partial charge in [0.2, 0.25) is 0 Å². The van der Waals surface area contributed by atoms with Crippen LogP contribution >= 0.6 is 34.8 Å². The fourth-order valence-electron chi connectivity index (χ4n) is 4.03. The first-order valence-electron chi connectivity index (χ1n) is 11.2. The summed E-state index contributed by atoms with van der Waals surface area (Å²) in [5.41, 5.74) is 7.26. The smallest absolute Gasteiger partial charge is 0.338 e. The van der Waals surface area contributed by atoms with Crippen LogP contribution in [-0.2, 0) is 16.1 Å². The molecule has 0 aliphatic carbocycles. The van der Waals surface area contributed by atoms with Crippen molar-refractivity contribution in [2.75, 3.05) is 20.2 Å². The lowest BCUT2D eigenvalue weighted by atomic mass is 9.85. The van der Waals surface area contributed by atoms with Crippen LogP contribution in [0.2, 0.25) is 15.2 Å². The number of allylic oxidation sites excluding steroid dienone is 1. The van der Waals surface area contributed by atoms with Crippen LogP contribution in [0.15, 0.2) is 59.4 Å². The standard InChI is InChI=1S/C24H26Cl3N5O4/c1-4-10-36-24(33)20-19(16-8-7-15(25)11-17(16)26)21(32(34)35)23(30(3)22(20)28)31(5-2)13-14-6-9-18(27)29-12-14/h6-9,11-12,19H,4-5,10,13,28H2,1-3H3. The van der Waals surface area contributed by atoms with Gasteiger partial charge in [-0.25, -0.2) is 9.78 Å². The minimum atomic E-state index is -1.20. The third-order valence-electron chi connectivity index (χ3n) is 5.72. The van der Waals surface area contributed by atoms with Gasteiger partial charge < -0.3 is 20.3 Å². The molecule has 2 aromatic rings. The molecule has 0 fully saturated rings. The summed E-state index contributed by atoms with van der Waals surface area (Å²) in [4.78, 5) is 32.6. The number of benzene rings is 1. The molecule has 3 rings (SSSR count). The molecule has 1 aromatic carbocycles. The van der Waals surface area contributed by atoms with E-state index in [1.165, 1.54) is 11.0 Å². The number of nitrogens with zero attached hydrogens (tertiary/aromatic N) is 4. The molecule has 192 valence electrons. The number of pyridine rings is 1. The van der Waals surface area contributed by atoms with Crippen molar-refractivity contribution in [1.29, 1.82) is 0 Å². The summed E-state index contributed by atoms with van der Waals surface area (Å²) in [7, 11) is 1.57. The van der Waals surface area contributed by atoms with Gasteiger partial charge >= 0.3 is 5.97 Å². The fourth-order valence-corrected chi connectivity index (χ4v) is 4.66. The van der Waals surface area contributed by atoms with Gasteiger partial charge in [0.05, 0.1) is 17.1 Å². The Morgan fingerprint density at radius 3 is 2.53 bits per heavy atom. The highest BCUT2D eigenvalue weighted by atomic mass is 35.5. The number of carbonyl (C=O) groups excluding carboxylic acids is 1. The lowest BCUT2D eigenvalue weighted by molar-refractivity contribution is -0.433. The maximum absolute atomic E-state index is 13.2. The Morgan fingerprint density at radius 2 is 1.97 bits per heavy atom. The molecule has 0 bridgehead atoms. The number of carbonyl (C=O) groups is 1. The predicted octanol–water partition coefficient (Wildman–Crippen LogP) is 5.16. The van der Waals surface area contributed by atoms with E-state index in [1.807, 2.05) is 13.8 Å². The van der Waals surface area contributed by atoms with Crippen molar-refractivity contribution >= 4 is 40.8 Å². The second kappa shape index (κ2) is 11.8. The van der Waals surface area contributed by atoms with Gasteiger partial charge in [0, 0.05) is 36.4 Å². The first-order valence-corrected chi connectivity index (χ1v) is 12.3. The van der Waals surface area contributed by atoms with Crippen LogP contribution in [-0.4, -0.2) is 45.9 Å². The number of nitrogens with two attached hydrogens (primary N) is 1. The van der Waals surface area contributed by atoms with Crippen LogP contribution < -0.4 is 5.73 Å². The molecule has 1 aliphatic rings. The highest BCUT2D eigenvalue weighted by Crippen LogP contribution is 2.44. The van der Waals surface area contributed by atoms with Crippen LogP contribution in [0, 0.1) is 10.1 Å². The van der Waals surface area contributed by atoms with E-state index in [4.69, 9.17) is 45.3 Å². The van der Waals surface area contributed by atoms with Crippen molar-refractivity contribution < 1.29 is 14.5 Å². The molecule has 9 nitrogen and oxygen atoms in total. The first-order chi connectivity index (χ1) is 17.1. The molecule has 0 spiro atoms. The predicted molar refractivity (Wildman–Crippen MR) is 139 cm³/mol. The van der Waals surface area contributed by atoms with E-state index < -0.39 is 16.8 Å². The number of nitro groups is 1. The monoisotopic (exact) mass is 553 g/mol. The summed E-state index contributed by atoms with van der Waals surface area (Å²) in [5, 5.41) is 13.5. The lowest BCUT2D eigenvalue weighted by Gasteiger charge is -2.38. The van der Waals surface area contributed by atoms with Crippen LogP contribution in [0.5, 0.6) is 0 Å². The zero-order chi connectivity index (χ0) is 26.6. The Hall–Kier alpha value is -3.01. The van der Waals surface area contributed by atoms with E-state index in [0.29, 0.717) is 28.7 Å². The third-order valence-corrected chi connectivity index (χ3v) is 6.50. The molecule has 36 heavy (non-hydrogen) atoms. The zero-order valence-electron chi connectivity index (χ0n) is 20.0. The van der Waals surface area contributed by atoms with Crippen molar-refractivity contribution in [3.8, 4) is 0 Å². The Kier molecular flexibility index (Phi) is 9.05. The van der Waals surface area contributed by atoms with Gasteiger partial charge in [0.25, 0.3) is 5.70 Å². The van der Waals surface area contributed by atoms with Crippen molar-refractivity contribution in [1.82, 2.24) is 14.8 Å². The SMILES string of the molecule is CCCOC(=O)C1=C(N)N(C)C(N(CC)Cc2ccc(Cl)nc2)=C([N+](=O)[O-])C1c1ccc(Cl)cc1Cl. The van der Waals surface area contributed by atoms with E-state index in [9.17, 15) is 14.9 Å². The molecule has 2 heterocycles. The number of aromatic nitrogens is 1. The van der Waals surface area contributed by atoms with Gasteiger partial charge in [0.15, 0.2) is 5.82 Å². The van der Waals surface area contributed by atoms with Gasteiger partial charge in [-0.3, -0.25) is 10.1 Å². The van der Waals surface area contributed by atoms with Gasteiger partial charge in [-0.15, -0.1) is 0 Å². The highest BCUT2D eigenvalue weighted by molar-refractivity contribution is 6.35. The van der Waals surface area contributed by atoms with Gasteiger partial charge in [-0.1, -0.05) is 53.9 Å². The second-order valence-corrected chi connectivity index (χ2v) is 9.29. The number of ether oxygens (including phenoxy) is 1. The average molecular weight is 555 g/mol. The Balaban J connectivity index is 2.25. The normalized spacial score (nSPS) is 15.8. The number of halogens is 3. The number of hydrogen-bond acceptors (Lipinski definition) is 8. The van der Waals surface area contributed by atoms with Crippen LogP contribution in [0.3, 0.4) is 0 Å². The maximum atomic E-state index is 13.2. The van der Waals surface area contributed by atoms with E-state index in [2.05, 4.69) is 4.98 Å². The van der Waals surface area contributed by atoms with E-state index in [1.54, 1.807) is 42.4 Å². The van der Waals surface area contributed by atoms with Crippen molar-refractivity contribution in [3.63, 3.8) is 0 Å². The Bertz CT molecular complexity index is 1220. The second-order valence-electron chi connectivity index (χ2n) is 8.06. The summed E-state index contributed by atoms with van der Waals surface area (Å²) >= 11 is 18.5. The highest BCUT2D eigenvalue weighted by Gasteiger charge is 2.47. The summed E-state index contributed by atoms with van der Waals surface area (Å²) < 4.78 is 5.37. The molecule has 1 aliphatic heterocycles. The molecule has 1 unspecified atom stereocenters. The van der Waals surface area contributed by atoms with E-state index in [-0.39, 0.29) is 41.1 Å². The molecule has 0 saturated heterocycles. The molecular formula is C24H26Cl3N5O4. The van der Waals surface area contributed by atoms with Crippen LogP contribution in [0.4, 0.5) is 0 Å². The molecular weight excluding hydrogens is 529 g/mol. The quantitative estimate of drug-likeness (QED) is 0.196. The molecule has 12 heteroatoms. The van der Waals surface area contributed by atoms with E-state index >= 15 is 0 Å². The van der Waals surface area contributed by atoms with Crippen molar-refractivity contribution in [3.05, 3.63) is 95.9 Å². The van der Waals surface area contributed by atoms with Gasteiger partial charge in [0.1, 0.15) is 16.9 Å². The minimum absolute atomic E-state index is 0.0281. The number of rotatable bonds is 9. The number of hydrogen-bond donors (Lipinski definition) is 1. The molecule has 2 N–H and O–H groups in total. The molecule has 0 amide bonds. The largest absolute Gasteiger partial charge is 0.462 e. The van der Waals surface area contributed by atoms with Gasteiger partial charge in [-0.2, -0.15) is 0 Å². The molecule has 1 aromatic heterocycles. The lowest BCUT2D eigenvalue weighted by Crippen LogP contribution is -2.43. The van der Waals surface area contributed by atoms with E-state index in [0.717, 1.165) is 5.56 Å². The summed E-state index contributed by atoms with van der Waals surface area (Å²) in [6, 6.07) is 8.01. The van der Waals surface area contributed by atoms with Crippen molar-refractivity contribution in [2.45, 2.75) is 32.7 Å². The Labute approximate surface area is 224 Å². The maximum Gasteiger partial charge on any atom is 0.338 e. The molecule has 1 atom stereocenters. The topological polar surface area (TPSA) is 115 Å². The summed E-state index contributed by atoms with van der Waals surface area (Å²) in [6.45, 7) is 4.51. The minimum Gasteiger partial charge on any atom is -0.462 e.